The first-order valence-electron chi connectivity index (χ1n) is 8.59. The van der Waals surface area contributed by atoms with Crippen molar-refractivity contribution in [1.29, 1.82) is 0 Å². The third kappa shape index (κ3) is 5.37. The Balaban J connectivity index is 2.02. The number of benzene rings is 2. The Bertz CT molecular complexity index is 931. The van der Waals surface area contributed by atoms with Gasteiger partial charge in [0.05, 0.1) is 25.2 Å². The highest BCUT2D eigenvalue weighted by molar-refractivity contribution is 7.89. The number of hydrogen-bond acceptors (Lipinski definition) is 5. The fraction of sp³-hybridized carbons (Fsp3) is 0.316. The lowest BCUT2D eigenvalue weighted by molar-refractivity contribution is 0.237. The van der Waals surface area contributed by atoms with Crippen molar-refractivity contribution in [2.24, 2.45) is 0 Å². The quantitative estimate of drug-likeness (QED) is 0.622. The van der Waals surface area contributed by atoms with E-state index in [0.717, 1.165) is 5.56 Å². The van der Waals surface area contributed by atoms with Crippen molar-refractivity contribution >= 4 is 16.1 Å². The monoisotopic (exact) mass is 407 g/mol. The maximum Gasteiger partial charge on any atom is 0.315 e. The van der Waals surface area contributed by atoms with Crippen LogP contribution in [0.1, 0.15) is 24.1 Å². The van der Waals surface area contributed by atoms with Gasteiger partial charge in [0.25, 0.3) is 0 Å². The summed E-state index contributed by atoms with van der Waals surface area (Å²) in [5.74, 6) is 1.30. The largest absolute Gasteiger partial charge is 0.497 e. The highest BCUT2D eigenvalue weighted by Gasteiger charge is 2.16. The fourth-order valence-corrected chi connectivity index (χ4v) is 3.43. The number of ether oxygens (including phenoxy) is 2. The molecule has 1 atom stereocenters. The number of carbonyl (C=O) groups is 1. The van der Waals surface area contributed by atoms with Crippen LogP contribution < -0.4 is 24.8 Å². The number of amides is 2. The van der Waals surface area contributed by atoms with Gasteiger partial charge in [-0.2, -0.15) is 0 Å². The minimum Gasteiger partial charge on any atom is -0.497 e. The summed E-state index contributed by atoms with van der Waals surface area (Å²) in [7, 11) is 0.944. The summed E-state index contributed by atoms with van der Waals surface area (Å²) in [6.07, 6.45) is 0. The minimum absolute atomic E-state index is 0.143. The number of urea groups is 1. The van der Waals surface area contributed by atoms with E-state index in [0.29, 0.717) is 17.1 Å². The molecule has 2 aromatic rings. The Kier molecular flexibility index (Phi) is 7.24. The van der Waals surface area contributed by atoms with Gasteiger partial charge in [0, 0.05) is 12.1 Å². The van der Waals surface area contributed by atoms with E-state index in [1.807, 2.05) is 6.92 Å². The standard InChI is InChI=1S/C19H25N3O5S/c1-13(17-11-15(26-3)8-9-18(17)27-4)22-19(23)21-12-14-6-5-7-16(10-14)28(24,25)20-2/h5-11,13,20H,12H2,1-4H3,(H2,21,22,23). The number of sulfonamides is 1. The Morgan fingerprint density at radius 1 is 1.11 bits per heavy atom. The van der Waals surface area contributed by atoms with Crippen LogP contribution in [0.25, 0.3) is 0 Å². The predicted molar refractivity (Wildman–Crippen MR) is 106 cm³/mol. The molecule has 152 valence electrons. The molecule has 2 rings (SSSR count). The summed E-state index contributed by atoms with van der Waals surface area (Å²) in [6.45, 7) is 2.01. The summed E-state index contributed by atoms with van der Waals surface area (Å²) in [5.41, 5.74) is 1.44. The zero-order chi connectivity index (χ0) is 20.7. The Hall–Kier alpha value is -2.78. The first kappa shape index (κ1) is 21.5. The molecule has 0 heterocycles. The molecule has 9 heteroatoms. The molecule has 8 nitrogen and oxygen atoms in total. The van der Waals surface area contributed by atoms with Crippen molar-refractivity contribution < 1.29 is 22.7 Å². The molecule has 0 spiro atoms. The van der Waals surface area contributed by atoms with E-state index >= 15 is 0 Å². The third-order valence-corrected chi connectivity index (χ3v) is 5.59. The van der Waals surface area contributed by atoms with Crippen LogP contribution in [0.15, 0.2) is 47.4 Å². The molecule has 0 aliphatic rings. The zero-order valence-corrected chi connectivity index (χ0v) is 17.1. The molecule has 0 aliphatic heterocycles. The molecule has 0 saturated heterocycles. The number of nitrogens with one attached hydrogen (secondary N) is 3. The van der Waals surface area contributed by atoms with Crippen molar-refractivity contribution in [3.05, 3.63) is 53.6 Å². The van der Waals surface area contributed by atoms with Gasteiger partial charge in [-0.25, -0.2) is 17.9 Å². The smallest absolute Gasteiger partial charge is 0.315 e. The summed E-state index contributed by atoms with van der Waals surface area (Å²) in [4.78, 5) is 12.4. The molecule has 2 aromatic carbocycles. The number of carbonyl (C=O) groups excluding carboxylic acids is 1. The van der Waals surface area contributed by atoms with Crippen molar-refractivity contribution in [2.75, 3.05) is 21.3 Å². The third-order valence-electron chi connectivity index (χ3n) is 4.18. The normalized spacial score (nSPS) is 12.1. The van der Waals surface area contributed by atoms with Crippen molar-refractivity contribution in [3.8, 4) is 11.5 Å². The maximum atomic E-state index is 12.3. The lowest BCUT2D eigenvalue weighted by atomic mass is 10.1. The molecule has 0 radical (unpaired) electrons. The van der Waals surface area contributed by atoms with E-state index in [1.165, 1.54) is 19.2 Å². The minimum atomic E-state index is -3.53. The van der Waals surface area contributed by atoms with Crippen LogP contribution in [0.2, 0.25) is 0 Å². The number of methoxy groups -OCH3 is 2. The molecule has 0 aliphatic carbocycles. The van der Waals surface area contributed by atoms with Crippen LogP contribution in [0.3, 0.4) is 0 Å². The van der Waals surface area contributed by atoms with Gasteiger partial charge in [-0.05, 0) is 49.9 Å². The Morgan fingerprint density at radius 2 is 1.86 bits per heavy atom. The molecule has 28 heavy (non-hydrogen) atoms. The lowest BCUT2D eigenvalue weighted by Crippen LogP contribution is -2.36. The number of rotatable bonds is 8. The first-order chi connectivity index (χ1) is 13.3. The second-order valence-electron chi connectivity index (χ2n) is 6.01. The van der Waals surface area contributed by atoms with Crippen molar-refractivity contribution in [1.82, 2.24) is 15.4 Å². The van der Waals surface area contributed by atoms with Crippen LogP contribution >= 0.6 is 0 Å². The lowest BCUT2D eigenvalue weighted by Gasteiger charge is -2.18. The van der Waals surface area contributed by atoms with E-state index in [4.69, 9.17) is 9.47 Å². The maximum absolute atomic E-state index is 12.3. The predicted octanol–water partition coefficient (Wildman–Crippen LogP) is 2.17. The van der Waals surface area contributed by atoms with Gasteiger partial charge in [-0.15, -0.1) is 0 Å². The summed E-state index contributed by atoms with van der Waals surface area (Å²) in [6, 6.07) is 11.0. The van der Waals surface area contributed by atoms with Gasteiger partial charge in [-0.3, -0.25) is 0 Å². The van der Waals surface area contributed by atoms with E-state index in [2.05, 4.69) is 15.4 Å². The van der Waals surface area contributed by atoms with Gasteiger partial charge >= 0.3 is 6.03 Å². The Morgan fingerprint density at radius 3 is 2.50 bits per heavy atom. The summed E-state index contributed by atoms with van der Waals surface area (Å²) >= 11 is 0. The van der Waals surface area contributed by atoms with Gasteiger partial charge in [-0.1, -0.05) is 12.1 Å². The summed E-state index contributed by atoms with van der Waals surface area (Å²) in [5, 5.41) is 5.56. The van der Waals surface area contributed by atoms with Gasteiger partial charge < -0.3 is 20.1 Å². The molecule has 0 fully saturated rings. The SMILES string of the molecule is CNS(=O)(=O)c1cccc(CNC(=O)NC(C)c2cc(OC)ccc2OC)c1. The average Bonchev–Trinajstić information content (AvgIpc) is 2.71. The highest BCUT2D eigenvalue weighted by Crippen LogP contribution is 2.29. The molecule has 0 bridgehead atoms. The van der Waals surface area contributed by atoms with E-state index in [9.17, 15) is 13.2 Å². The molecule has 3 N–H and O–H groups in total. The van der Waals surface area contributed by atoms with Crippen LogP contribution in [0.5, 0.6) is 11.5 Å². The second-order valence-corrected chi connectivity index (χ2v) is 7.90. The average molecular weight is 407 g/mol. The van der Waals surface area contributed by atoms with Gasteiger partial charge in [0.2, 0.25) is 10.0 Å². The highest BCUT2D eigenvalue weighted by atomic mass is 32.2. The molecular weight excluding hydrogens is 382 g/mol. The summed E-state index contributed by atoms with van der Waals surface area (Å²) < 4.78 is 36.6. The van der Waals surface area contributed by atoms with Crippen LogP contribution in [0, 0.1) is 0 Å². The van der Waals surface area contributed by atoms with E-state index in [-0.39, 0.29) is 23.5 Å². The van der Waals surface area contributed by atoms with E-state index < -0.39 is 10.0 Å². The molecule has 1 unspecified atom stereocenters. The van der Waals surface area contributed by atoms with Crippen LogP contribution in [0.4, 0.5) is 4.79 Å². The molecular formula is C19H25N3O5S. The van der Waals surface area contributed by atoms with Gasteiger partial charge in [0.1, 0.15) is 11.5 Å². The molecule has 0 saturated carbocycles. The second kappa shape index (κ2) is 9.43. The first-order valence-corrected chi connectivity index (χ1v) is 10.1. The number of hydrogen-bond donors (Lipinski definition) is 3. The fourth-order valence-electron chi connectivity index (χ4n) is 2.63. The molecule has 2 amide bonds. The van der Waals surface area contributed by atoms with Crippen LogP contribution in [-0.4, -0.2) is 35.7 Å². The van der Waals surface area contributed by atoms with Gasteiger partial charge in [0.15, 0.2) is 0 Å². The zero-order valence-electron chi connectivity index (χ0n) is 16.3. The Labute approximate surface area is 165 Å². The van der Waals surface area contributed by atoms with Crippen molar-refractivity contribution in [2.45, 2.75) is 24.4 Å². The van der Waals surface area contributed by atoms with E-state index in [1.54, 1.807) is 44.6 Å². The molecule has 0 aromatic heterocycles. The topological polar surface area (TPSA) is 106 Å². The van der Waals surface area contributed by atoms with Crippen LogP contribution in [-0.2, 0) is 16.6 Å². The van der Waals surface area contributed by atoms with Crippen molar-refractivity contribution in [3.63, 3.8) is 0 Å².